The number of rotatable bonds is 6. The summed E-state index contributed by atoms with van der Waals surface area (Å²) in [5, 5.41) is 15.2. The van der Waals surface area contributed by atoms with Crippen LogP contribution in [0.15, 0.2) is 41.0 Å². The number of aliphatic hydroxyl groups excluding tert-OH is 1. The van der Waals surface area contributed by atoms with Gasteiger partial charge in [-0.25, -0.2) is 9.18 Å². The van der Waals surface area contributed by atoms with E-state index in [0.29, 0.717) is 17.9 Å². The van der Waals surface area contributed by atoms with Crippen LogP contribution in [0.5, 0.6) is 5.75 Å². The maximum absolute atomic E-state index is 13.1. The summed E-state index contributed by atoms with van der Waals surface area (Å²) in [5.74, 6) is 0.213. The Bertz CT molecular complexity index is 646. The number of halogens is 1. The minimum Gasteiger partial charge on any atom is -0.494 e. The number of furan rings is 1. The van der Waals surface area contributed by atoms with E-state index in [0.717, 1.165) is 0 Å². The van der Waals surface area contributed by atoms with E-state index >= 15 is 0 Å². The summed E-state index contributed by atoms with van der Waals surface area (Å²) in [6.45, 7) is 1.76. The van der Waals surface area contributed by atoms with Gasteiger partial charge in [0.2, 0.25) is 0 Å². The monoisotopic (exact) mass is 322 g/mol. The van der Waals surface area contributed by atoms with Crippen molar-refractivity contribution >= 4 is 11.7 Å². The van der Waals surface area contributed by atoms with Crippen molar-refractivity contribution in [3.8, 4) is 5.75 Å². The number of methoxy groups -OCH3 is 1. The molecular formula is C16H19FN2O4. The molecule has 7 heteroatoms. The molecule has 2 unspecified atom stereocenters. The Balaban J connectivity index is 1.89. The number of aliphatic hydroxyl groups is 1. The van der Waals surface area contributed by atoms with Crippen molar-refractivity contribution in [2.45, 2.75) is 25.5 Å². The first-order valence-corrected chi connectivity index (χ1v) is 7.12. The van der Waals surface area contributed by atoms with Gasteiger partial charge in [0.05, 0.1) is 19.1 Å². The average Bonchev–Trinajstić information content (AvgIpc) is 3.03. The van der Waals surface area contributed by atoms with E-state index in [1.807, 2.05) is 0 Å². The number of urea groups is 1. The summed E-state index contributed by atoms with van der Waals surface area (Å²) < 4.78 is 23.2. The minimum atomic E-state index is -0.805. The third kappa shape index (κ3) is 4.72. The lowest BCUT2D eigenvalue weighted by Gasteiger charge is -2.18. The molecule has 2 atom stereocenters. The molecule has 0 radical (unpaired) electrons. The first-order chi connectivity index (χ1) is 11.0. The molecule has 1 aromatic carbocycles. The van der Waals surface area contributed by atoms with Crippen LogP contribution >= 0.6 is 0 Å². The molecule has 0 fully saturated rings. The third-order valence-corrected chi connectivity index (χ3v) is 3.24. The van der Waals surface area contributed by atoms with Gasteiger partial charge in [-0.3, -0.25) is 0 Å². The number of carbonyl (C=O) groups is 1. The van der Waals surface area contributed by atoms with Gasteiger partial charge in [0.15, 0.2) is 0 Å². The molecule has 0 saturated heterocycles. The van der Waals surface area contributed by atoms with E-state index in [-0.39, 0.29) is 11.8 Å². The lowest BCUT2D eigenvalue weighted by atomic mass is 10.1. The second-order valence-electron chi connectivity index (χ2n) is 5.11. The van der Waals surface area contributed by atoms with Crippen LogP contribution in [-0.4, -0.2) is 24.3 Å². The molecule has 23 heavy (non-hydrogen) atoms. The Hall–Kier alpha value is -2.54. The molecule has 2 amide bonds. The largest absolute Gasteiger partial charge is 0.494 e. The summed E-state index contributed by atoms with van der Waals surface area (Å²) in [6.07, 6.45) is 0.965. The molecule has 124 valence electrons. The highest BCUT2D eigenvalue weighted by molar-refractivity contribution is 5.91. The highest BCUT2D eigenvalue weighted by Gasteiger charge is 2.17. The summed E-state index contributed by atoms with van der Waals surface area (Å²) in [6, 6.07) is 6.39. The zero-order valence-electron chi connectivity index (χ0n) is 12.9. The lowest BCUT2D eigenvalue weighted by molar-refractivity contribution is 0.130. The molecule has 0 spiro atoms. The summed E-state index contributed by atoms with van der Waals surface area (Å²) in [5.41, 5.74) is 0.352. The molecule has 2 rings (SSSR count). The molecule has 2 aromatic rings. The Morgan fingerprint density at radius 1 is 1.43 bits per heavy atom. The standard InChI is InChI=1S/C16H19FN2O4/c1-10(8-13(20)14-4-3-7-23-14)18-16(21)19-12-6-5-11(17)9-15(12)22-2/h3-7,9-10,13,20H,8H2,1-2H3,(H2,18,19,21). The fraction of sp³-hybridized carbons (Fsp3) is 0.312. The van der Waals surface area contributed by atoms with Crippen molar-refractivity contribution in [3.05, 3.63) is 48.2 Å². The Morgan fingerprint density at radius 2 is 2.22 bits per heavy atom. The van der Waals surface area contributed by atoms with Crippen molar-refractivity contribution in [2.75, 3.05) is 12.4 Å². The molecule has 0 aliphatic carbocycles. The van der Waals surface area contributed by atoms with E-state index in [4.69, 9.17) is 9.15 Å². The van der Waals surface area contributed by atoms with E-state index in [1.54, 1.807) is 19.1 Å². The van der Waals surface area contributed by atoms with Crippen LogP contribution < -0.4 is 15.4 Å². The van der Waals surface area contributed by atoms with Crippen molar-refractivity contribution in [3.63, 3.8) is 0 Å². The molecule has 1 aromatic heterocycles. The third-order valence-electron chi connectivity index (χ3n) is 3.24. The average molecular weight is 322 g/mol. The van der Waals surface area contributed by atoms with Crippen molar-refractivity contribution in [1.29, 1.82) is 0 Å². The lowest BCUT2D eigenvalue weighted by Crippen LogP contribution is -2.37. The van der Waals surface area contributed by atoms with E-state index in [1.165, 1.54) is 31.6 Å². The zero-order chi connectivity index (χ0) is 16.8. The van der Waals surface area contributed by atoms with E-state index in [9.17, 15) is 14.3 Å². The number of benzene rings is 1. The predicted molar refractivity (Wildman–Crippen MR) is 82.9 cm³/mol. The second-order valence-corrected chi connectivity index (χ2v) is 5.11. The Kier molecular flexibility index (Phi) is 5.59. The molecule has 0 aliphatic heterocycles. The van der Waals surface area contributed by atoms with Gasteiger partial charge in [-0.2, -0.15) is 0 Å². The highest BCUT2D eigenvalue weighted by Crippen LogP contribution is 2.25. The van der Waals surface area contributed by atoms with Crippen LogP contribution in [0, 0.1) is 5.82 Å². The number of nitrogens with one attached hydrogen (secondary N) is 2. The van der Waals surface area contributed by atoms with Crippen molar-refractivity contribution < 1.29 is 23.4 Å². The first-order valence-electron chi connectivity index (χ1n) is 7.12. The van der Waals surface area contributed by atoms with Gasteiger partial charge in [-0.05, 0) is 31.2 Å². The van der Waals surface area contributed by atoms with Gasteiger partial charge in [-0.1, -0.05) is 0 Å². The van der Waals surface area contributed by atoms with Crippen LogP contribution in [0.4, 0.5) is 14.9 Å². The quantitative estimate of drug-likeness (QED) is 0.763. The van der Waals surface area contributed by atoms with Gasteiger partial charge in [0, 0.05) is 18.5 Å². The zero-order valence-corrected chi connectivity index (χ0v) is 12.9. The van der Waals surface area contributed by atoms with Gasteiger partial charge >= 0.3 is 6.03 Å². The SMILES string of the molecule is COc1cc(F)ccc1NC(=O)NC(C)CC(O)c1ccco1. The molecule has 0 bridgehead atoms. The predicted octanol–water partition coefficient (Wildman–Crippen LogP) is 3.06. The number of ether oxygens (including phenoxy) is 1. The number of hydrogen-bond acceptors (Lipinski definition) is 4. The summed E-state index contributed by atoms with van der Waals surface area (Å²) in [4.78, 5) is 12.0. The van der Waals surface area contributed by atoms with E-state index < -0.39 is 18.0 Å². The van der Waals surface area contributed by atoms with Gasteiger partial charge in [-0.15, -0.1) is 0 Å². The Morgan fingerprint density at radius 3 is 2.87 bits per heavy atom. The van der Waals surface area contributed by atoms with Crippen LogP contribution in [0.3, 0.4) is 0 Å². The molecule has 3 N–H and O–H groups in total. The molecule has 1 heterocycles. The smallest absolute Gasteiger partial charge is 0.319 e. The Labute approximate surface area is 133 Å². The van der Waals surface area contributed by atoms with Gasteiger partial charge < -0.3 is 24.9 Å². The second kappa shape index (κ2) is 7.64. The number of anilines is 1. The van der Waals surface area contributed by atoms with Crippen molar-refractivity contribution in [1.82, 2.24) is 5.32 Å². The topological polar surface area (TPSA) is 83.7 Å². The normalized spacial score (nSPS) is 13.2. The molecule has 0 saturated carbocycles. The number of amides is 2. The maximum Gasteiger partial charge on any atom is 0.319 e. The fourth-order valence-corrected chi connectivity index (χ4v) is 2.14. The number of carbonyl (C=O) groups excluding carboxylic acids is 1. The molecule has 6 nitrogen and oxygen atoms in total. The number of hydrogen-bond donors (Lipinski definition) is 3. The van der Waals surface area contributed by atoms with Crippen molar-refractivity contribution in [2.24, 2.45) is 0 Å². The van der Waals surface area contributed by atoms with Crippen LogP contribution in [0.1, 0.15) is 25.2 Å². The van der Waals surface area contributed by atoms with Crippen LogP contribution in [0.2, 0.25) is 0 Å². The van der Waals surface area contributed by atoms with Gasteiger partial charge in [0.25, 0.3) is 0 Å². The summed E-state index contributed by atoms with van der Waals surface area (Å²) in [7, 11) is 1.39. The molecular weight excluding hydrogens is 303 g/mol. The highest BCUT2D eigenvalue weighted by atomic mass is 19.1. The maximum atomic E-state index is 13.1. The van der Waals surface area contributed by atoms with E-state index in [2.05, 4.69) is 10.6 Å². The fourth-order valence-electron chi connectivity index (χ4n) is 2.14. The van der Waals surface area contributed by atoms with Crippen LogP contribution in [-0.2, 0) is 0 Å². The first kappa shape index (κ1) is 16.8. The summed E-state index contributed by atoms with van der Waals surface area (Å²) >= 11 is 0. The molecule has 0 aliphatic rings. The van der Waals surface area contributed by atoms with Crippen LogP contribution in [0.25, 0.3) is 0 Å². The van der Waals surface area contributed by atoms with Gasteiger partial charge in [0.1, 0.15) is 23.4 Å². The minimum absolute atomic E-state index is 0.225.